The molecule has 1 N–H and O–H groups in total. The summed E-state index contributed by atoms with van der Waals surface area (Å²) in [5.41, 5.74) is -0.0660. The summed E-state index contributed by atoms with van der Waals surface area (Å²) in [5.74, 6) is -2.45. The Kier molecular flexibility index (Phi) is 3.95. The summed E-state index contributed by atoms with van der Waals surface area (Å²) >= 11 is 3.52. The SMILES string of the molecule is O=C(O)c1ccc(Br)c(Oc2nc(C(F)(F)F)ns2)c1. The zero-order chi connectivity index (χ0) is 14.9. The first-order chi connectivity index (χ1) is 9.27. The van der Waals surface area contributed by atoms with Gasteiger partial charge in [-0.05, 0) is 34.1 Å². The lowest BCUT2D eigenvalue weighted by Crippen LogP contribution is -2.06. The zero-order valence-corrected chi connectivity index (χ0v) is 11.7. The van der Waals surface area contributed by atoms with Crippen LogP contribution in [0.4, 0.5) is 13.2 Å². The number of nitrogens with zero attached hydrogens (tertiary/aromatic N) is 2. The van der Waals surface area contributed by atoms with Crippen molar-refractivity contribution in [2.75, 3.05) is 0 Å². The minimum absolute atomic E-state index is 0.0368. The Morgan fingerprint density at radius 3 is 2.65 bits per heavy atom. The first-order valence-corrected chi connectivity index (χ1v) is 6.45. The second-order valence-corrected chi connectivity index (χ2v) is 5.00. The maximum absolute atomic E-state index is 12.3. The number of aromatic nitrogens is 2. The monoisotopic (exact) mass is 368 g/mol. The van der Waals surface area contributed by atoms with E-state index in [9.17, 15) is 18.0 Å². The second-order valence-electron chi connectivity index (χ2n) is 3.43. The van der Waals surface area contributed by atoms with Crippen LogP contribution in [0.15, 0.2) is 22.7 Å². The van der Waals surface area contributed by atoms with E-state index in [2.05, 4.69) is 25.3 Å². The van der Waals surface area contributed by atoms with Crippen molar-refractivity contribution in [1.29, 1.82) is 0 Å². The standard InChI is InChI=1S/C10H4BrF3N2O3S/c11-5-2-1-4(7(17)18)3-6(5)19-9-15-8(16-20-9)10(12,13)14/h1-3H,(H,17,18). The zero-order valence-electron chi connectivity index (χ0n) is 9.31. The number of halogens is 4. The van der Waals surface area contributed by atoms with E-state index >= 15 is 0 Å². The minimum Gasteiger partial charge on any atom is -0.478 e. The highest BCUT2D eigenvalue weighted by Crippen LogP contribution is 2.34. The molecule has 0 aliphatic rings. The van der Waals surface area contributed by atoms with Crippen molar-refractivity contribution >= 4 is 33.4 Å². The van der Waals surface area contributed by atoms with Crippen molar-refractivity contribution in [3.8, 4) is 10.9 Å². The molecular weight excluding hydrogens is 365 g/mol. The van der Waals surface area contributed by atoms with Crippen LogP contribution in [-0.2, 0) is 6.18 Å². The Labute approximate surface area is 122 Å². The van der Waals surface area contributed by atoms with Gasteiger partial charge in [0.25, 0.3) is 11.0 Å². The van der Waals surface area contributed by atoms with Crippen LogP contribution in [-0.4, -0.2) is 20.4 Å². The molecule has 5 nitrogen and oxygen atoms in total. The van der Waals surface area contributed by atoms with Crippen LogP contribution in [0.25, 0.3) is 0 Å². The van der Waals surface area contributed by atoms with Crippen molar-refractivity contribution in [3.63, 3.8) is 0 Å². The third-order valence-corrected chi connectivity index (χ3v) is 3.29. The van der Waals surface area contributed by atoms with Crippen molar-refractivity contribution in [3.05, 3.63) is 34.1 Å². The summed E-state index contributed by atoms with van der Waals surface area (Å²) in [7, 11) is 0. The van der Waals surface area contributed by atoms with Gasteiger partial charge in [-0.3, -0.25) is 0 Å². The average molecular weight is 369 g/mol. The van der Waals surface area contributed by atoms with Gasteiger partial charge in [0.1, 0.15) is 5.75 Å². The van der Waals surface area contributed by atoms with Gasteiger partial charge in [-0.15, -0.1) is 0 Å². The Hall–Kier alpha value is -1.68. The van der Waals surface area contributed by atoms with Crippen molar-refractivity contribution in [2.24, 2.45) is 0 Å². The molecule has 0 atom stereocenters. The van der Waals surface area contributed by atoms with Gasteiger partial charge in [-0.25, -0.2) is 4.79 Å². The van der Waals surface area contributed by atoms with E-state index < -0.39 is 18.0 Å². The third kappa shape index (κ3) is 3.25. The maximum atomic E-state index is 12.3. The average Bonchev–Trinajstić information content (AvgIpc) is 2.80. The highest BCUT2D eigenvalue weighted by atomic mass is 79.9. The van der Waals surface area contributed by atoms with Crippen LogP contribution >= 0.6 is 27.5 Å². The molecule has 0 bridgehead atoms. The number of carboxylic acid groups (broad SMARTS) is 1. The first kappa shape index (κ1) is 14.7. The number of carboxylic acids is 1. The Morgan fingerprint density at radius 1 is 1.40 bits per heavy atom. The molecule has 1 aromatic heterocycles. The molecule has 1 heterocycles. The quantitative estimate of drug-likeness (QED) is 0.891. The summed E-state index contributed by atoms with van der Waals surface area (Å²) in [6.07, 6.45) is -4.65. The predicted molar refractivity (Wildman–Crippen MR) is 66.1 cm³/mol. The van der Waals surface area contributed by atoms with Gasteiger partial charge in [0.15, 0.2) is 0 Å². The van der Waals surface area contributed by atoms with Gasteiger partial charge in [-0.1, -0.05) is 0 Å². The smallest absolute Gasteiger partial charge is 0.452 e. The van der Waals surface area contributed by atoms with E-state index in [0.29, 0.717) is 16.0 Å². The molecule has 106 valence electrons. The van der Waals surface area contributed by atoms with Crippen LogP contribution in [0.2, 0.25) is 0 Å². The number of hydrogen-bond donors (Lipinski definition) is 1. The minimum atomic E-state index is -4.65. The maximum Gasteiger partial charge on any atom is 0.452 e. The number of ether oxygens (including phenoxy) is 1. The number of alkyl halides is 3. The largest absolute Gasteiger partial charge is 0.478 e. The fraction of sp³-hybridized carbons (Fsp3) is 0.100. The van der Waals surface area contributed by atoms with Crippen molar-refractivity contribution < 1.29 is 27.8 Å². The number of aromatic carboxylic acids is 1. The Bertz CT molecular complexity index is 659. The first-order valence-electron chi connectivity index (χ1n) is 4.89. The van der Waals surface area contributed by atoms with Gasteiger partial charge >= 0.3 is 12.1 Å². The molecule has 0 spiro atoms. The summed E-state index contributed by atoms with van der Waals surface area (Å²) < 4.78 is 45.6. The highest BCUT2D eigenvalue weighted by molar-refractivity contribution is 9.10. The molecule has 2 rings (SSSR count). The van der Waals surface area contributed by atoms with E-state index in [1.807, 2.05) is 0 Å². The number of carbonyl (C=O) groups is 1. The lowest BCUT2D eigenvalue weighted by Gasteiger charge is -2.05. The van der Waals surface area contributed by atoms with Gasteiger partial charge in [0.05, 0.1) is 10.0 Å². The normalized spacial score (nSPS) is 11.4. The summed E-state index contributed by atoms with van der Waals surface area (Å²) in [6.45, 7) is 0. The lowest BCUT2D eigenvalue weighted by atomic mass is 10.2. The molecule has 0 unspecified atom stereocenters. The molecule has 1 aromatic carbocycles. The molecule has 20 heavy (non-hydrogen) atoms. The molecule has 10 heteroatoms. The molecular formula is C10H4BrF3N2O3S. The second kappa shape index (κ2) is 5.37. The van der Waals surface area contributed by atoms with E-state index in [-0.39, 0.29) is 16.5 Å². The fourth-order valence-corrected chi connectivity index (χ4v) is 2.07. The molecule has 2 aromatic rings. The molecule has 0 aliphatic heterocycles. The summed E-state index contributed by atoms with van der Waals surface area (Å²) in [5, 5.41) is 8.50. The molecule has 0 aliphatic carbocycles. The Balaban J connectivity index is 2.28. The molecule has 0 fully saturated rings. The molecule has 0 saturated heterocycles. The molecule has 0 radical (unpaired) electrons. The summed E-state index contributed by atoms with van der Waals surface area (Å²) in [6, 6.07) is 3.89. The fourth-order valence-electron chi connectivity index (χ4n) is 1.17. The molecule has 0 saturated carbocycles. The van der Waals surface area contributed by atoms with Crippen LogP contribution in [0, 0.1) is 0 Å². The van der Waals surface area contributed by atoms with Gasteiger partial charge < -0.3 is 9.84 Å². The van der Waals surface area contributed by atoms with Crippen molar-refractivity contribution in [1.82, 2.24) is 9.36 Å². The third-order valence-electron chi connectivity index (χ3n) is 2.04. The number of hydrogen-bond acceptors (Lipinski definition) is 5. The molecule has 0 amide bonds. The highest BCUT2D eigenvalue weighted by Gasteiger charge is 2.36. The number of rotatable bonds is 3. The van der Waals surface area contributed by atoms with E-state index in [1.54, 1.807) is 0 Å². The van der Waals surface area contributed by atoms with E-state index in [4.69, 9.17) is 9.84 Å². The van der Waals surface area contributed by atoms with Gasteiger partial charge in [0, 0.05) is 11.5 Å². The van der Waals surface area contributed by atoms with Gasteiger partial charge in [-0.2, -0.15) is 22.5 Å². The van der Waals surface area contributed by atoms with Crippen LogP contribution in [0.3, 0.4) is 0 Å². The van der Waals surface area contributed by atoms with Crippen LogP contribution < -0.4 is 4.74 Å². The van der Waals surface area contributed by atoms with Crippen LogP contribution in [0.5, 0.6) is 10.9 Å². The van der Waals surface area contributed by atoms with Gasteiger partial charge in [0.2, 0.25) is 0 Å². The number of benzene rings is 1. The summed E-state index contributed by atoms with van der Waals surface area (Å²) in [4.78, 5) is 14.0. The topological polar surface area (TPSA) is 72.3 Å². The Morgan fingerprint density at radius 2 is 2.10 bits per heavy atom. The lowest BCUT2D eigenvalue weighted by molar-refractivity contribution is -0.144. The van der Waals surface area contributed by atoms with E-state index in [0.717, 1.165) is 0 Å². The predicted octanol–water partition coefficient (Wildman–Crippen LogP) is 3.81. The van der Waals surface area contributed by atoms with Crippen molar-refractivity contribution in [2.45, 2.75) is 6.18 Å². The van der Waals surface area contributed by atoms with E-state index in [1.165, 1.54) is 18.2 Å². The van der Waals surface area contributed by atoms with Crippen LogP contribution in [0.1, 0.15) is 16.2 Å².